The van der Waals surface area contributed by atoms with Crippen molar-refractivity contribution in [3.8, 4) is 0 Å². The van der Waals surface area contributed by atoms with E-state index in [4.69, 9.17) is 0 Å². The molecule has 0 fully saturated rings. The summed E-state index contributed by atoms with van der Waals surface area (Å²) in [6.07, 6.45) is 2.31. The maximum Gasteiger partial charge on any atom is 0.0958 e. The molecule has 2 nitrogen and oxygen atoms in total. The van der Waals surface area contributed by atoms with E-state index in [0.717, 1.165) is 11.4 Å². The van der Waals surface area contributed by atoms with Gasteiger partial charge in [0.25, 0.3) is 0 Å². The average molecular weight is 340 g/mol. The molecule has 0 bridgehead atoms. The number of hydrogen-bond donors (Lipinski definition) is 1. The first kappa shape index (κ1) is 16.5. The van der Waals surface area contributed by atoms with Crippen LogP contribution in [-0.2, 0) is 0 Å². The molecule has 0 aliphatic carbocycles. The summed E-state index contributed by atoms with van der Waals surface area (Å²) in [6.45, 7) is 4.46. The van der Waals surface area contributed by atoms with Gasteiger partial charge in [0.1, 0.15) is 0 Å². The van der Waals surface area contributed by atoms with Crippen LogP contribution in [0.2, 0.25) is 0 Å². The predicted octanol–water partition coefficient (Wildman–Crippen LogP) is 5.92. The lowest BCUT2D eigenvalue weighted by molar-refractivity contribution is 0.723. The molecule has 0 saturated carbocycles. The van der Waals surface area contributed by atoms with E-state index in [1.807, 2.05) is 0 Å². The van der Waals surface area contributed by atoms with Crippen molar-refractivity contribution in [3.63, 3.8) is 0 Å². The van der Waals surface area contributed by atoms with Gasteiger partial charge in [-0.2, -0.15) is 0 Å². The zero-order chi connectivity index (χ0) is 17.9. The van der Waals surface area contributed by atoms with Crippen LogP contribution in [0, 0.1) is 0 Å². The molecule has 0 saturated heterocycles. The maximum absolute atomic E-state index is 3.60. The van der Waals surface area contributed by atoms with Crippen LogP contribution in [0.1, 0.15) is 42.5 Å². The molecule has 0 radical (unpaired) electrons. The van der Waals surface area contributed by atoms with Gasteiger partial charge in [-0.1, -0.05) is 86.6 Å². The van der Waals surface area contributed by atoms with Crippen LogP contribution < -0.4 is 10.4 Å². The standard InChI is InChI=1S/C24H24N2/c1-18(2)19-13-15-21(16-14-19)24-17-23(20-9-5-3-6-10-20)25-26(24)22-11-7-4-8-12-22/h3-18,24-25H,1-2H3. The number of rotatable bonds is 4. The fourth-order valence-electron chi connectivity index (χ4n) is 3.38. The molecule has 26 heavy (non-hydrogen) atoms. The molecule has 1 N–H and O–H groups in total. The Bertz CT molecular complexity index is 881. The van der Waals surface area contributed by atoms with Gasteiger partial charge in [-0.15, -0.1) is 0 Å². The van der Waals surface area contributed by atoms with Crippen LogP contribution in [0.3, 0.4) is 0 Å². The molecule has 0 amide bonds. The van der Waals surface area contributed by atoms with E-state index in [1.165, 1.54) is 16.7 Å². The second-order valence-electron chi connectivity index (χ2n) is 7.03. The minimum Gasteiger partial charge on any atom is -0.297 e. The summed E-state index contributed by atoms with van der Waals surface area (Å²) in [4.78, 5) is 0. The second-order valence-corrected chi connectivity index (χ2v) is 7.03. The summed E-state index contributed by atoms with van der Waals surface area (Å²) in [5.74, 6) is 0.548. The minimum atomic E-state index is 0.161. The largest absolute Gasteiger partial charge is 0.297 e. The van der Waals surface area contributed by atoms with Crippen molar-refractivity contribution < 1.29 is 0 Å². The van der Waals surface area contributed by atoms with Gasteiger partial charge < -0.3 is 0 Å². The van der Waals surface area contributed by atoms with Gasteiger partial charge in [0.15, 0.2) is 0 Å². The van der Waals surface area contributed by atoms with Crippen LogP contribution in [-0.4, -0.2) is 0 Å². The Morgan fingerprint density at radius 1 is 0.769 bits per heavy atom. The number of hydrogen-bond acceptors (Lipinski definition) is 2. The van der Waals surface area contributed by atoms with Crippen LogP contribution in [0.4, 0.5) is 5.69 Å². The Morgan fingerprint density at radius 2 is 1.38 bits per heavy atom. The predicted molar refractivity (Wildman–Crippen MR) is 110 cm³/mol. The Balaban J connectivity index is 1.72. The summed E-state index contributed by atoms with van der Waals surface area (Å²) < 4.78 is 0. The number of nitrogens with zero attached hydrogens (tertiary/aromatic N) is 1. The molecule has 0 aromatic heterocycles. The average Bonchev–Trinajstić information content (AvgIpc) is 3.15. The van der Waals surface area contributed by atoms with Crippen molar-refractivity contribution in [2.75, 3.05) is 5.01 Å². The summed E-state index contributed by atoms with van der Waals surface area (Å²) >= 11 is 0. The van der Waals surface area contributed by atoms with Crippen LogP contribution in [0.5, 0.6) is 0 Å². The van der Waals surface area contributed by atoms with Gasteiger partial charge in [0.2, 0.25) is 0 Å². The lowest BCUT2D eigenvalue weighted by atomic mass is 9.98. The molecule has 1 aliphatic rings. The van der Waals surface area contributed by atoms with E-state index >= 15 is 0 Å². The number of hydrazine groups is 1. The first-order valence-electron chi connectivity index (χ1n) is 9.20. The number of nitrogens with one attached hydrogen (secondary N) is 1. The molecular formula is C24H24N2. The number of anilines is 1. The van der Waals surface area contributed by atoms with Crippen molar-refractivity contribution in [1.82, 2.24) is 5.43 Å². The van der Waals surface area contributed by atoms with Crippen LogP contribution >= 0.6 is 0 Å². The monoisotopic (exact) mass is 340 g/mol. The highest BCUT2D eigenvalue weighted by molar-refractivity contribution is 5.72. The smallest absolute Gasteiger partial charge is 0.0958 e. The molecule has 3 aromatic carbocycles. The molecule has 130 valence electrons. The van der Waals surface area contributed by atoms with Crippen LogP contribution in [0.15, 0.2) is 91.0 Å². The Kier molecular flexibility index (Phi) is 4.49. The Morgan fingerprint density at radius 3 is 2.00 bits per heavy atom. The molecule has 1 heterocycles. The normalized spacial score (nSPS) is 16.5. The van der Waals surface area contributed by atoms with Crippen molar-refractivity contribution in [2.24, 2.45) is 0 Å². The third kappa shape index (κ3) is 3.23. The quantitative estimate of drug-likeness (QED) is 0.634. The van der Waals surface area contributed by atoms with Crippen LogP contribution in [0.25, 0.3) is 5.70 Å². The first-order chi connectivity index (χ1) is 12.7. The highest BCUT2D eigenvalue weighted by Gasteiger charge is 2.27. The minimum absolute atomic E-state index is 0.161. The van der Waals surface area contributed by atoms with E-state index in [9.17, 15) is 0 Å². The fourth-order valence-corrected chi connectivity index (χ4v) is 3.38. The molecule has 1 unspecified atom stereocenters. The zero-order valence-electron chi connectivity index (χ0n) is 15.3. The van der Waals surface area contributed by atoms with Gasteiger partial charge >= 0.3 is 0 Å². The number of para-hydroxylation sites is 1. The van der Waals surface area contributed by atoms with E-state index in [-0.39, 0.29) is 6.04 Å². The molecule has 2 heteroatoms. The SMILES string of the molecule is CC(C)c1ccc(C2C=C(c3ccccc3)NN2c2ccccc2)cc1. The first-order valence-corrected chi connectivity index (χ1v) is 9.20. The van der Waals surface area contributed by atoms with Crippen molar-refractivity contribution in [1.29, 1.82) is 0 Å². The molecule has 3 aromatic rings. The van der Waals surface area contributed by atoms with Gasteiger partial charge in [-0.3, -0.25) is 10.4 Å². The Labute approximate surface area is 155 Å². The lowest BCUT2D eigenvalue weighted by Gasteiger charge is -2.28. The fraction of sp³-hybridized carbons (Fsp3) is 0.167. The van der Waals surface area contributed by atoms with Gasteiger partial charge in [-0.25, -0.2) is 0 Å². The highest BCUT2D eigenvalue weighted by Crippen LogP contribution is 2.35. The summed E-state index contributed by atoms with van der Waals surface area (Å²) in [5.41, 5.74) is 9.77. The third-order valence-corrected chi connectivity index (χ3v) is 4.91. The molecule has 4 rings (SSSR count). The third-order valence-electron chi connectivity index (χ3n) is 4.91. The highest BCUT2D eigenvalue weighted by atomic mass is 15.5. The Hall–Kier alpha value is -3.00. The topological polar surface area (TPSA) is 15.3 Å². The zero-order valence-corrected chi connectivity index (χ0v) is 15.3. The molecular weight excluding hydrogens is 316 g/mol. The van der Waals surface area contributed by atoms with Gasteiger partial charge in [0.05, 0.1) is 17.4 Å². The van der Waals surface area contributed by atoms with E-state index < -0.39 is 0 Å². The maximum atomic E-state index is 3.60. The molecule has 1 aliphatic heterocycles. The number of benzene rings is 3. The van der Waals surface area contributed by atoms with E-state index in [2.05, 4.69) is 115 Å². The summed E-state index contributed by atoms with van der Waals surface area (Å²) in [5, 5.41) is 2.24. The molecule has 1 atom stereocenters. The summed E-state index contributed by atoms with van der Waals surface area (Å²) in [7, 11) is 0. The summed E-state index contributed by atoms with van der Waals surface area (Å²) in [6, 6.07) is 30.2. The van der Waals surface area contributed by atoms with Gasteiger partial charge in [-0.05, 0) is 40.8 Å². The second kappa shape index (κ2) is 7.09. The van der Waals surface area contributed by atoms with Crippen molar-refractivity contribution in [3.05, 3.63) is 108 Å². The van der Waals surface area contributed by atoms with Crippen molar-refractivity contribution >= 4 is 11.4 Å². The molecule has 0 spiro atoms. The van der Waals surface area contributed by atoms with E-state index in [1.54, 1.807) is 0 Å². The lowest BCUT2D eigenvalue weighted by Crippen LogP contribution is -2.33. The van der Waals surface area contributed by atoms with E-state index in [0.29, 0.717) is 5.92 Å². The van der Waals surface area contributed by atoms with Crippen molar-refractivity contribution in [2.45, 2.75) is 25.8 Å². The van der Waals surface area contributed by atoms with Gasteiger partial charge in [0, 0.05) is 0 Å².